The van der Waals surface area contributed by atoms with E-state index in [-0.39, 0.29) is 11.9 Å². The van der Waals surface area contributed by atoms with Crippen molar-refractivity contribution >= 4 is 27.5 Å². The minimum absolute atomic E-state index is 0.0468. The molecule has 0 spiro atoms. The molecule has 2 heterocycles. The summed E-state index contributed by atoms with van der Waals surface area (Å²) in [5, 5.41) is 0. The molecule has 5 heteroatoms. The molecule has 1 atom stereocenters. The molecule has 4 nitrogen and oxygen atoms in total. The Morgan fingerprint density at radius 1 is 1.64 bits per heavy atom. The molecule has 1 unspecified atom stereocenters. The quantitative estimate of drug-likeness (QED) is 0.760. The number of anilines is 1. The van der Waals surface area contributed by atoms with Crippen molar-refractivity contribution in [2.24, 2.45) is 5.73 Å². The summed E-state index contributed by atoms with van der Waals surface area (Å²) in [7, 11) is 0. The normalized spacial score (nSPS) is 21.7. The molecule has 0 saturated carbocycles. The zero-order valence-electron chi connectivity index (χ0n) is 7.48. The molecule has 1 aliphatic heterocycles. The van der Waals surface area contributed by atoms with Gasteiger partial charge in [-0.2, -0.15) is 0 Å². The highest BCUT2D eigenvalue weighted by Crippen LogP contribution is 2.22. The van der Waals surface area contributed by atoms with Crippen LogP contribution in [0.3, 0.4) is 0 Å². The molecule has 1 fully saturated rings. The Morgan fingerprint density at radius 3 is 3.00 bits per heavy atom. The van der Waals surface area contributed by atoms with E-state index in [2.05, 4.69) is 20.9 Å². The Labute approximate surface area is 90.2 Å². The maximum Gasteiger partial charge on any atom is 0.228 e. The van der Waals surface area contributed by atoms with E-state index < -0.39 is 0 Å². The van der Waals surface area contributed by atoms with Crippen molar-refractivity contribution in [3.63, 3.8) is 0 Å². The van der Waals surface area contributed by atoms with Gasteiger partial charge in [-0.1, -0.05) is 0 Å². The Balaban J connectivity index is 2.27. The molecule has 0 aliphatic carbocycles. The number of halogens is 1. The molecule has 0 bridgehead atoms. The first-order valence-electron chi connectivity index (χ1n) is 4.34. The summed E-state index contributed by atoms with van der Waals surface area (Å²) in [5.74, 6) is 0.0793. The van der Waals surface area contributed by atoms with Crippen LogP contribution in [-0.2, 0) is 4.79 Å². The van der Waals surface area contributed by atoms with E-state index in [0.717, 1.165) is 10.3 Å². The number of rotatable bonds is 1. The van der Waals surface area contributed by atoms with Crippen molar-refractivity contribution in [2.45, 2.75) is 12.5 Å². The second-order valence-corrected chi connectivity index (χ2v) is 4.12. The van der Waals surface area contributed by atoms with Gasteiger partial charge in [0.2, 0.25) is 5.91 Å². The van der Waals surface area contributed by atoms with E-state index in [1.807, 2.05) is 6.07 Å². The van der Waals surface area contributed by atoms with E-state index in [4.69, 9.17) is 5.73 Å². The summed E-state index contributed by atoms with van der Waals surface area (Å²) < 4.78 is 0.725. The van der Waals surface area contributed by atoms with Crippen LogP contribution in [0, 0.1) is 0 Å². The molecule has 1 aromatic heterocycles. The second-order valence-electron chi connectivity index (χ2n) is 3.31. The number of hydrogen-bond acceptors (Lipinski definition) is 3. The first-order valence-corrected chi connectivity index (χ1v) is 5.13. The highest BCUT2D eigenvalue weighted by atomic mass is 79.9. The van der Waals surface area contributed by atoms with Gasteiger partial charge < -0.3 is 10.6 Å². The van der Waals surface area contributed by atoms with Crippen LogP contribution in [0.1, 0.15) is 6.42 Å². The Morgan fingerprint density at radius 2 is 2.43 bits per heavy atom. The molecule has 1 amide bonds. The first-order chi connectivity index (χ1) is 6.66. The maximum absolute atomic E-state index is 11.5. The average Bonchev–Trinajstić information content (AvgIpc) is 2.45. The fraction of sp³-hybridized carbons (Fsp3) is 0.333. The molecule has 2 rings (SSSR count). The number of carbonyl (C=O) groups excluding carboxylic acids is 1. The number of pyridine rings is 1. The lowest BCUT2D eigenvalue weighted by molar-refractivity contribution is -0.117. The molecule has 1 saturated heterocycles. The molecule has 1 aliphatic rings. The molecular formula is C9H10BrN3O. The summed E-state index contributed by atoms with van der Waals surface area (Å²) in [5.41, 5.74) is 6.55. The van der Waals surface area contributed by atoms with Crippen LogP contribution in [0.15, 0.2) is 22.9 Å². The summed E-state index contributed by atoms with van der Waals surface area (Å²) in [6.45, 7) is 0.593. The lowest BCUT2D eigenvalue weighted by Gasteiger charge is -2.15. The predicted octanol–water partition coefficient (Wildman–Crippen LogP) is 0.908. The minimum atomic E-state index is -0.0468. The Bertz CT molecular complexity index is 369. The maximum atomic E-state index is 11.5. The molecular weight excluding hydrogens is 246 g/mol. The Hall–Kier alpha value is -0.940. The summed E-state index contributed by atoms with van der Waals surface area (Å²) in [6.07, 6.45) is 2.09. The summed E-state index contributed by atoms with van der Waals surface area (Å²) in [6, 6.07) is 3.57. The third-order valence-electron chi connectivity index (χ3n) is 2.18. The van der Waals surface area contributed by atoms with Gasteiger partial charge in [-0.3, -0.25) is 4.79 Å². The predicted molar refractivity (Wildman–Crippen MR) is 56.9 cm³/mol. The third-order valence-corrected chi connectivity index (χ3v) is 2.61. The van der Waals surface area contributed by atoms with Gasteiger partial charge in [-0.05, 0) is 28.1 Å². The fourth-order valence-corrected chi connectivity index (χ4v) is 1.90. The molecule has 74 valence electrons. The van der Waals surface area contributed by atoms with Crippen molar-refractivity contribution in [1.29, 1.82) is 0 Å². The SMILES string of the molecule is NC1CC(=O)N(c2ccnc(Br)c2)C1. The number of nitrogens with zero attached hydrogens (tertiary/aromatic N) is 2. The van der Waals surface area contributed by atoms with Gasteiger partial charge in [0.05, 0.1) is 0 Å². The number of carbonyl (C=O) groups is 1. The smallest absolute Gasteiger partial charge is 0.228 e. The second kappa shape index (κ2) is 3.67. The fourth-order valence-electron chi connectivity index (χ4n) is 1.54. The van der Waals surface area contributed by atoms with Crippen molar-refractivity contribution in [1.82, 2.24) is 4.98 Å². The van der Waals surface area contributed by atoms with Crippen LogP contribution in [0.2, 0.25) is 0 Å². The van der Waals surface area contributed by atoms with Crippen LogP contribution in [0.4, 0.5) is 5.69 Å². The van der Waals surface area contributed by atoms with E-state index in [1.54, 1.807) is 17.2 Å². The number of hydrogen-bond donors (Lipinski definition) is 1. The van der Waals surface area contributed by atoms with E-state index in [9.17, 15) is 4.79 Å². The molecule has 14 heavy (non-hydrogen) atoms. The lowest BCUT2D eigenvalue weighted by Crippen LogP contribution is -2.27. The standard InChI is InChI=1S/C9H10BrN3O/c10-8-4-7(1-2-12-8)13-5-6(11)3-9(13)14/h1-2,4,6H,3,5,11H2. The summed E-state index contributed by atoms with van der Waals surface area (Å²) >= 11 is 3.26. The summed E-state index contributed by atoms with van der Waals surface area (Å²) in [4.78, 5) is 17.2. The van der Waals surface area contributed by atoms with E-state index in [1.165, 1.54) is 0 Å². The van der Waals surface area contributed by atoms with Gasteiger partial charge in [-0.25, -0.2) is 4.98 Å². The van der Waals surface area contributed by atoms with Crippen LogP contribution in [0.25, 0.3) is 0 Å². The third kappa shape index (κ3) is 1.78. The highest BCUT2D eigenvalue weighted by molar-refractivity contribution is 9.10. The van der Waals surface area contributed by atoms with Crippen molar-refractivity contribution in [3.8, 4) is 0 Å². The average molecular weight is 256 g/mol. The van der Waals surface area contributed by atoms with E-state index in [0.29, 0.717) is 13.0 Å². The van der Waals surface area contributed by atoms with Gasteiger partial charge in [0, 0.05) is 30.9 Å². The molecule has 0 radical (unpaired) electrons. The van der Waals surface area contributed by atoms with Crippen molar-refractivity contribution in [2.75, 3.05) is 11.4 Å². The monoisotopic (exact) mass is 255 g/mol. The van der Waals surface area contributed by atoms with Crippen LogP contribution >= 0.6 is 15.9 Å². The number of aromatic nitrogens is 1. The first kappa shape index (κ1) is 9.61. The van der Waals surface area contributed by atoms with E-state index >= 15 is 0 Å². The van der Waals surface area contributed by atoms with Gasteiger partial charge in [0.15, 0.2) is 0 Å². The minimum Gasteiger partial charge on any atom is -0.326 e. The highest BCUT2D eigenvalue weighted by Gasteiger charge is 2.27. The molecule has 2 N–H and O–H groups in total. The number of amides is 1. The van der Waals surface area contributed by atoms with Gasteiger partial charge in [0.25, 0.3) is 0 Å². The Kier molecular flexibility index (Phi) is 2.52. The van der Waals surface area contributed by atoms with Gasteiger partial charge in [-0.15, -0.1) is 0 Å². The topological polar surface area (TPSA) is 59.2 Å². The van der Waals surface area contributed by atoms with Crippen LogP contribution < -0.4 is 10.6 Å². The van der Waals surface area contributed by atoms with Gasteiger partial charge >= 0.3 is 0 Å². The number of nitrogens with two attached hydrogens (primary N) is 1. The zero-order valence-corrected chi connectivity index (χ0v) is 9.07. The largest absolute Gasteiger partial charge is 0.326 e. The van der Waals surface area contributed by atoms with Gasteiger partial charge in [0.1, 0.15) is 4.60 Å². The van der Waals surface area contributed by atoms with Crippen LogP contribution in [-0.4, -0.2) is 23.5 Å². The van der Waals surface area contributed by atoms with Crippen molar-refractivity contribution < 1.29 is 4.79 Å². The zero-order chi connectivity index (χ0) is 10.1. The molecule has 1 aromatic rings. The van der Waals surface area contributed by atoms with Crippen LogP contribution in [0.5, 0.6) is 0 Å². The lowest BCUT2D eigenvalue weighted by atomic mass is 10.3. The van der Waals surface area contributed by atoms with Crippen molar-refractivity contribution in [3.05, 3.63) is 22.9 Å². The molecule has 0 aromatic carbocycles.